The second-order valence-electron chi connectivity index (χ2n) is 18.3. The smallest absolute Gasteiger partial charge is 0.657 e. The van der Waals surface area contributed by atoms with E-state index in [-0.39, 0.29) is 21.1 Å². The van der Waals surface area contributed by atoms with Crippen LogP contribution in [0.15, 0.2) is 171 Å². The molecule has 0 aliphatic carbocycles. The summed E-state index contributed by atoms with van der Waals surface area (Å²) in [6, 6.07) is 41.2. The number of aromatic nitrogens is 12. The number of hydrogen-bond donors (Lipinski definition) is 0. The third kappa shape index (κ3) is 5.36. The van der Waals surface area contributed by atoms with Crippen LogP contribution in [0.2, 0.25) is 0 Å². The van der Waals surface area contributed by atoms with Gasteiger partial charge in [-0.3, -0.25) is 39.9 Å². The number of rotatable bonds is 0. The summed E-state index contributed by atoms with van der Waals surface area (Å²) in [4.78, 5) is 62.3. The molecular formula is C60H28N12Pt. The predicted octanol–water partition coefficient (Wildman–Crippen LogP) is 12.9. The maximum Gasteiger partial charge on any atom is 2.00 e. The zero-order chi connectivity index (χ0) is 46.8. The van der Waals surface area contributed by atoms with E-state index in [4.69, 9.17) is 59.8 Å². The van der Waals surface area contributed by atoms with Crippen molar-refractivity contribution in [2.24, 2.45) is 0 Å². The molecule has 0 amide bonds. The van der Waals surface area contributed by atoms with Gasteiger partial charge in [0.2, 0.25) is 0 Å². The normalized spacial score (nSPS) is 12.3. The zero-order valence-corrected chi connectivity index (χ0v) is 40.1. The van der Waals surface area contributed by atoms with Crippen molar-refractivity contribution in [1.29, 1.82) is 0 Å². The molecule has 0 saturated heterocycles. The minimum Gasteiger partial charge on any atom is -0.657 e. The monoisotopic (exact) mass is 1110 g/mol. The summed E-state index contributed by atoms with van der Waals surface area (Å²) in [6.07, 6.45) is 14.6. The van der Waals surface area contributed by atoms with Gasteiger partial charge in [-0.15, -0.1) is 22.1 Å². The Morgan fingerprint density at radius 2 is 0.438 bits per heavy atom. The molecule has 338 valence electrons. The van der Waals surface area contributed by atoms with Gasteiger partial charge in [-0.2, -0.15) is 0 Å². The van der Waals surface area contributed by atoms with Gasteiger partial charge in [0.05, 0.1) is 66.9 Å². The molecule has 17 rings (SSSR count). The van der Waals surface area contributed by atoms with Crippen molar-refractivity contribution < 1.29 is 21.1 Å². The van der Waals surface area contributed by atoms with Crippen LogP contribution in [0.3, 0.4) is 0 Å². The van der Waals surface area contributed by atoms with E-state index >= 15 is 0 Å². The molecule has 15 aromatic rings. The Kier molecular flexibility index (Phi) is 8.14. The van der Waals surface area contributed by atoms with E-state index < -0.39 is 0 Å². The minimum atomic E-state index is 0. The Bertz CT molecular complexity index is 4560. The topological polar surface area (TPSA) is 157 Å². The fraction of sp³-hybridized carbons (Fsp3) is 0. The van der Waals surface area contributed by atoms with Crippen LogP contribution in [-0.4, -0.2) is 49.8 Å². The van der Waals surface area contributed by atoms with Gasteiger partial charge in [0, 0.05) is 115 Å². The van der Waals surface area contributed by atoms with Crippen molar-refractivity contribution in [2.45, 2.75) is 0 Å². The number of benzene rings is 4. The molecule has 11 aromatic heterocycles. The molecule has 0 atom stereocenters. The molecule has 2 aliphatic heterocycles. The van der Waals surface area contributed by atoms with Crippen LogP contribution in [0.1, 0.15) is 0 Å². The van der Waals surface area contributed by atoms with E-state index in [2.05, 4.69) is 72.8 Å². The molecule has 0 radical (unpaired) electrons. The van der Waals surface area contributed by atoms with Gasteiger partial charge in [-0.25, -0.2) is 9.97 Å². The summed E-state index contributed by atoms with van der Waals surface area (Å²) in [7, 11) is 0. The zero-order valence-electron chi connectivity index (χ0n) is 37.8. The Hall–Kier alpha value is -9.51. The van der Waals surface area contributed by atoms with Crippen LogP contribution in [0.25, 0.3) is 176 Å². The maximum absolute atomic E-state index is 5.66. The van der Waals surface area contributed by atoms with E-state index in [0.717, 1.165) is 176 Å². The van der Waals surface area contributed by atoms with Crippen molar-refractivity contribution in [3.63, 3.8) is 0 Å². The van der Waals surface area contributed by atoms with Gasteiger partial charge in [0.1, 0.15) is 0 Å². The van der Waals surface area contributed by atoms with E-state index in [9.17, 15) is 0 Å². The second kappa shape index (κ2) is 14.8. The molecule has 2 aliphatic rings. The molecule has 0 saturated carbocycles. The average Bonchev–Trinajstić information content (AvgIpc) is 4.20. The van der Waals surface area contributed by atoms with Crippen molar-refractivity contribution in [2.75, 3.05) is 0 Å². The summed E-state index contributed by atoms with van der Waals surface area (Å²) >= 11 is 0. The Balaban J connectivity index is 0.00000456. The SMILES string of the molecule is [Pt+2].c1cnc2c(c1)c1c(c3cccnc32)-c2cc3[n-]c(cc4nc(cc5[n-]c(cc-1n2)c1c2cccnc2c2ncccc2c51)-c1c-4c2cccnc2c2ncccc12)c1c2cccnc2c2ncccc2c31. The standard InChI is InChI=1S/C60H28N12.Pt/c1-9-29-45-37-25-39-47-31-11-3-19-63-55(31)57-33(13-5-21-65-57)49(47)41(70-39)27-43-51-35-15-7-23-67-59(35)60-36(16-8-24-68-60)52(51)44(72-43)28-42-50-34-14-6-22-66-58(34)56-32(12-4-20-64-56)48(50)40(71-42)26-38(69-37)46(45)30-10-2-18-62-54(30)53(29)61-17-1;/h1-28H;/q-2;+2. The van der Waals surface area contributed by atoms with Gasteiger partial charge in [-0.05, 0) is 94.3 Å². The first-order valence-corrected chi connectivity index (χ1v) is 23.6. The summed E-state index contributed by atoms with van der Waals surface area (Å²) in [5.74, 6) is 0. The number of fused-ring (bicyclic) bond motifs is 40. The van der Waals surface area contributed by atoms with Crippen molar-refractivity contribution in [3.8, 4) is 45.0 Å². The van der Waals surface area contributed by atoms with Gasteiger partial charge in [0.15, 0.2) is 0 Å². The molecule has 8 bridgehead atoms. The van der Waals surface area contributed by atoms with E-state index in [0.29, 0.717) is 0 Å². The molecule has 73 heavy (non-hydrogen) atoms. The summed E-state index contributed by atoms with van der Waals surface area (Å²) < 4.78 is 0. The van der Waals surface area contributed by atoms with E-state index in [1.165, 1.54) is 0 Å². The van der Waals surface area contributed by atoms with Crippen molar-refractivity contribution >= 4 is 131 Å². The maximum atomic E-state index is 5.66. The van der Waals surface area contributed by atoms with Gasteiger partial charge in [0.25, 0.3) is 0 Å². The quantitative estimate of drug-likeness (QED) is 0.133. The van der Waals surface area contributed by atoms with Crippen molar-refractivity contribution in [1.82, 2.24) is 59.8 Å². The first-order chi connectivity index (χ1) is 35.7. The fourth-order valence-corrected chi connectivity index (χ4v) is 11.9. The van der Waals surface area contributed by atoms with Crippen LogP contribution < -0.4 is 9.97 Å². The van der Waals surface area contributed by atoms with Crippen LogP contribution in [-0.2, 0) is 21.1 Å². The van der Waals surface area contributed by atoms with E-state index in [1.54, 1.807) is 0 Å². The third-order valence-electron chi connectivity index (χ3n) is 14.6. The average molecular weight is 1110 g/mol. The summed E-state index contributed by atoms with van der Waals surface area (Å²) in [6.45, 7) is 0. The minimum absolute atomic E-state index is 0. The molecule has 12 nitrogen and oxygen atoms in total. The van der Waals surface area contributed by atoms with Gasteiger partial charge in [-0.1, -0.05) is 48.5 Å². The number of hydrogen-bond acceptors (Lipinski definition) is 10. The van der Waals surface area contributed by atoms with Gasteiger partial charge >= 0.3 is 21.1 Å². The Labute approximate surface area is 425 Å². The Morgan fingerprint density at radius 1 is 0.247 bits per heavy atom. The predicted molar refractivity (Wildman–Crippen MR) is 285 cm³/mol. The van der Waals surface area contributed by atoms with Crippen LogP contribution >= 0.6 is 0 Å². The molecule has 0 spiro atoms. The molecule has 0 fully saturated rings. The largest absolute Gasteiger partial charge is 2.00 e. The number of pyridine rings is 8. The summed E-state index contributed by atoms with van der Waals surface area (Å²) in [5.41, 5.74) is 16.0. The molecule has 0 unspecified atom stereocenters. The molecule has 13 heteroatoms. The number of nitrogens with zero attached hydrogens (tertiary/aromatic N) is 12. The molecule has 4 aromatic carbocycles. The molecule has 13 heterocycles. The molecule has 0 N–H and O–H groups in total. The Morgan fingerprint density at radius 3 is 0.658 bits per heavy atom. The van der Waals surface area contributed by atoms with Crippen LogP contribution in [0.5, 0.6) is 0 Å². The van der Waals surface area contributed by atoms with E-state index in [1.807, 2.05) is 98.1 Å². The first kappa shape index (κ1) is 40.2. The fourth-order valence-electron chi connectivity index (χ4n) is 11.9. The third-order valence-corrected chi connectivity index (χ3v) is 14.6. The van der Waals surface area contributed by atoms with Crippen LogP contribution in [0, 0.1) is 0 Å². The first-order valence-electron chi connectivity index (χ1n) is 23.6. The van der Waals surface area contributed by atoms with Crippen LogP contribution in [0.4, 0.5) is 0 Å². The summed E-state index contributed by atoms with van der Waals surface area (Å²) in [5, 5.41) is 11.2. The molecular weight excluding hydrogens is 1080 g/mol. The van der Waals surface area contributed by atoms with Crippen molar-refractivity contribution in [3.05, 3.63) is 171 Å². The van der Waals surface area contributed by atoms with Gasteiger partial charge < -0.3 is 9.97 Å². The second-order valence-corrected chi connectivity index (χ2v) is 18.3.